The number of nitrogens with zero attached hydrogens (tertiary/aromatic N) is 1. The van der Waals surface area contributed by atoms with Gasteiger partial charge in [-0.25, -0.2) is 8.42 Å². The predicted molar refractivity (Wildman–Crippen MR) is 92.8 cm³/mol. The van der Waals surface area contributed by atoms with Gasteiger partial charge in [-0.15, -0.1) is 0 Å². The summed E-state index contributed by atoms with van der Waals surface area (Å²) in [4.78, 5) is 23.5. The van der Waals surface area contributed by atoms with Crippen LogP contribution in [0, 0.1) is 20.8 Å². The number of aryl methyl sites for hydroxylation is 3. The second-order valence-corrected chi connectivity index (χ2v) is 8.40. The summed E-state index contributed by atoms with van der Waals surface area (Å²) >= 11 is 0. The molecule has 0 bridgehead atoms. The van der Waals surface area contributed by atoms with Gasteiger partial charge < -0.3 is 10.4 Å². The fraction of sp³-hybridized carbons (Fsp3) is 0.529. The Labute approximate surface area is 148 Å². The van der Waals surface area contributed by atoms with E-state index in [9.17, 15) is 18.0 Å². The average molecular weight is 368 g/mol. The summed E-state index contributed by atoms with van der Waals surface area (Å²) in [6.07, 6.45) is 0.935. The summed E-state index contributed by atoms with van der Waals surface area (Å²) in [7, 11) is -3.84. The SMILES string of the molecule is Cc1cc(C)c(S(=O)(=O)N2CCCC2C(=O)N[C@@H](C)C(=O)O)c(C)c1. The highest BCUT2D eigenvalue weighted by molar-refractivity contribution is 7.89. The smallest absolute Gasteiger partial charge is 0.325 e. The van der Waals surface area contributed by atoms with Crippen molar-refractivity contribution in [2.75, 3.05) is 6.54 Å². The third kappa shape index (κ3) is 3.85. The van der Waals surface area contributed by atoms with Crippen LogP contribution in [0.15, 0.2) is 17.0 Å². The van der Waals surface area contributed by atoms with Gasteiger partial charge in [0.15, 0.2) is 0 Å². The van der Waals surface area contributed by atoms with Crippen LogP contribution < -0.4 is 5.32 Å². The first-order valence-electron chi connectivity index (χ1n) is 8.18. The fourth-order valence-corrected chi connectivity index (χ4v) is 5.42. The van der Waals surface area contributed by atoms with Crippen LogP contribution in [-0.2, 0) is 19.6 Å². The summed E-state index contributed by atoms with van der Waals surface area (Å²) < 4.78 is 27.5. The van der Waals surface area contributed by atoms with E-state index < -0.39 is 34.0 Å². The van der Waals surface area contributed by atoms with Crippen molar-refractivity contribution in [3.8, 4) is 0 Å². The van der Waals surface area contributed by atoms with E-state index in [0.29, 0.717) is 24.0 Å². The van der Waals surface area contributed by atoms with Gasteiger partial charge in [0, 0.05) is 6.54 Å². The van der Waals surface area contributed by atoms with Crippen molar-refractivity contribution < 1.29 is 23.1 Å². The van der Waals surface area contributed by atoms with Crippen molar-refractivity contribution in [2.45, 2.75) is 57.5 Å². The van der Waals surface area contributed by atoms with Gasteiger partial charge in [-0.2, -0.15) is 4.31 Å². The number of amides is 1. The molecule has 138 valence electrons. The van der Waals surface area contributed by atoms with Crippen LogP contribution in [-0.4, -0.2) is 48.3 Å². The molecule has 2 N–H and O–H groups in total. The molecule has 8 heteroatoms. The van der Waals surface area contributed by atoms with Gasteiger partial charge in [0.05, 0.1) is 4.90 Å². The number of benzene rings is 1. The number of hydrogen-bond donors (Lipinski definition) is 2. The lowest BCUT2D eigenvalue weighted by atomic mass is 10.1. The Morgan fingerprint density at radius 1 is 1.24 bits per heavy atom. The number of carbonyl (C=O) groups excluding carboxylic acids is 1. The Balaban J connectivity index is 2.36. The Morgan fingerprint density at radius 2 is 1.80 bits per heavy atom. The highest BCUT2D eigenvalue weighted by Crippen LogP contribution is 2.30. The second-order valence-electron chi connectivity index (χ2n) is 6.57. The molecule has 0 aliphatic carbocycles. The van der Waals surface area contributed by atoms with E-state index in [2.05, 4.69) is 5.32 Å². The molecule has 1 aliphatic rings. The average Bonchev–Trinajstić information content (AvgIpc) is 2.95. The predicted octanol–water partition coefficient (Wildman–Crippen LogP) is 1.35. The summed E-state index contributed by atoms with van der Waals surface area (Å²) in [5.41, 5.74) is 2.25. The van der Waals surface area contributed by atoms with E-state index >= 15 is 0 Å². The molecule has 25 heavy (non-hydrogen) atoms. The van der Waals surface area contributed by atoms with Crippen LogP contribution in [0.1, 0.15) is 36.5 Å². The highest BCUT2D eigenvalue weighted by Gasteiger charge is 2.41. The standard InChI is InChI=1S/C17H24N2O5S/c1-10-8-11(2)15(12(3)9-10)25(23,24)19-7-5-6-14(19)16(20)18-13(4)17(21)22/h8-9,13-14H,5-7H2,1-4H3,(H,18,20)(H,21,22)/t13-,14?/m0/s1. The van der Waals surface area contributed by atoms with Gasteiger partial charge in [-0.05, 0) is 51.7 Å². The van der Waals surface area contributed by atoms with Gasteiger partial charge in [0.2, 0.25) is 15.9 Å². The molecule has 1 fully saturated rings. The molecule has 7 nitrogen and oxygen atoms in total. The third-order valence-electron chi connectivity index (χ3n) is 4.41. The maximum Gasteiger partial charge on any atom is 0.325 e. The molecule has 0 spiro atoms. The third-order valence-corrected chi connectivity index (χ3v) is 6.62. The molecule has 2 rings (SSSR count). The second kappa shape index (κ2) is 7.13. The van der Waals surface area contributed by atoms with E-state index in [0.717, 1.165) is 5.56 Å². The molecule has 1 amide bonds. The minimum Gasteiger partial charge on any atom is -0.480 e. The Bertz CT molecular complexity index is 780. The molecule has 1 heterocycles. The molecule has 0 saturated carbocycles. The summed E-state index contributed by atoms with van der Waals surface area (Å²) in [6.45, 7) is 6.97. The lowest BCUT2D eigenvalue weighted by Gasteiger charge is -2.26. The van der Waals surface area contributed by atoms with E-state index in [4.69, 9.17) is 5.11 Å². The van der Waals surface area contributed by atoms with Gasteiger partial charge in [-0.1, -0.05) is 17.7 Å². The first-order valence-corrected chi connectivity index (χ1v) is 9.62. The van der Waals surface area contributed by atoms with E-state index in [-0.39, 0.29) is 11.4 Å². The zero-order valence-electron chi connectivity index (χ0n) is 14.9. The van der Waals surface area contributed by atoms with Gasteiger partial charge in [0.25, 0.3) is 0 Å². The number of sulfonamides is 1. The molecular weight excluding hydrogens is 344 g/mol. The van der Waals surface area contributed by atoms with Crippen LogP contribution in [0.25, 0.3) is 0 Å². The monoisotopic (exact) mass is 368 g/mol. The first kappa shape index (κ1) is 19.4. The maximum atomic E-state index is 13.2. The molecule has 1 aromatic rings. The van der Waals surface area contributed by atoms with E-state index in [1.807, 2.05) is 6.92 Å². The number of nitrogens with one attached hydrogen (secondary N) is 1. The van der Waals surface area contributed by atoms with Gasteiger partial charge in [0.1, 0.15) is 12.1 Å². The lowest BCUT2D eigenvalue weighted by Crippen LogP contribution is -2.50. The lowest BCUT2D eigenvalue weighted by molar-refractivity contribution is -0.141. The molecular formula is C17H24N2O5S. The molecule has 0 radical (unpaired) electrons. The Morgan fingerprint density at radius 3 is 2.32 bits per heavy atom. The van der Waals surface area contributed by atoms with Gasteiger partial charge in [-0.3, -0.25) is 9.59 Å². The van der Waals surface area contributed by atoms with Crippen LogP contribution in [0.2, 0.25) is 0 Å². The topological polar surface area (TPSA) is 104 Å². The van der Waals surface area contributed by atoms with Crippen LogP contribution in [0.3, 0.4) is 0 Å². The fourth-order valence-electron chi connectivity index (χ4n) is 3.35. The summed E-state index contributed by atoms with van der Waals surface area (Å²) in [5, 5.41) is 11.3. The quantitative estimate of drug-likeness (QED) is 0.816. The number of carbonyl (C=O) groups is 2. The largest absolute Gasteiger partial charge is 0.480 e. The molecule has 1 saturated heterocycles. The molecule has 2 atom stereocenters. The highest BCUT2D eigenvalue weighted by atomic mass is 32.2. The maximum absolute atomic E-state index is 13.2. The van der Waals surface area contributed by atoms with E-state index in [1.54, 1.807) is 26.0 Å². The Kier molecular flexibility index (Phi) is 5.53. The van der Waals surface area contributed by atoms with Crippen LogP contribution >= 0.6 is 0 Å². The first-order chi connectivity index (χ1) is 11.6. The minimum absolute atomic E-state index is 0.226. The van der Waals surface area contributed by atoms with Crippen molar-refractivity contribution in [1.29, 1.82) is 0 Å². The zero-order valence-corrected chi connectivity index (χ0v) is 15.7. The molecule has 1 unspecified atom stereocenters. The zero-order chi connectivity index (χ0) is 18.9. The minimum atomic E-state index is -3.84. The molecule has 1 aromatic carbocycles. The van der Waals surface area contributed by atoms with E-state index in [1.165, 1.54) is 11.2 Å². The van der Waals surface area contributed by atoms with Crippen molar-refractivity contribution in [2.24, 2.45) is 0 Å². The summed E-state index contributed by atoms with van der Waals surface area (Å²) in [5.74, 6) is -1.73. The van der Waals surface area contributed by atoms with Crippen LogP contribution in [0.5, 0.6) is 0 Å². The number of carboxylic acids is 1. The Hall–Kier alpha value is -1.93. The molecule has 0 aromatic heterocycles. The summed E-state index contributed by atoms with van der Waals surface area (Å²) in [6, 6.07) is 1.65. The number of aliphatic carboxylic acids is 1. The van der Waals surface area contributed by atoms with Crippen molar-refractivity contribution >= 4 is 21.9 Å². The van der Waals surface area contributed by atoms with Crippen molar-refractivity contribution in [1.82, 2.24) is 9.62 Å². The number of hydrogen-bond acceptors (Lipinski definition) is 4. The van der Waals surface area contributed by atoms with Crippen molar-refractivity contribution in [3.63, 3.8) is 0 Å². The number of carboxylic acid groups (broad SMARTS) is 1. The normalized spacial score (nSPS) is 19.6. The number of rotatable bonds is 5. The van der Waals surface area contributed by atoms with Gasteiger partial charge >= 0.3 is 5.97 Å². The van der Waals surface area contributed by atoms with Crippen molar-refractivity contribution in [3.05, 3.63) is 28.8 Å². The molecule has 1 aliphatic heterocycles. The van der Waals surface area contributed by atoms with Crippen LogP contribution in [0.4, 0.5) is 0 Å².